The van der Waals surface area contributed by atoms with Crippen LogP contribution in [0.1, 0.15) is 11.1 Å². The Labute approximate surface area is 317 Å². The fraction of sp³-hybridized carbons (Fsp3) is 0.152. The number of benzene rings is 3. The van der Waals surface area contributed by atoms with Gasteiger partial charge < -0.3 is 19.4 Å². The highest BCUT2D eigenvalue weighted by Gasteiger charge is 2.32. The first kappa shape index (κ1) is 38.5. The number of aromatic nitrogens is 8. The van der Waals surface area contributed by atoms with Gasteiger partial charge in [0.05, 0.1) is 48.4 Å². The van der Waals surface area contributed by atoms with E-state index in [4.69, 9.17) is 0 Å². The number of aromatic amines is 2. The summed E-state index contributed by atoms with van der Waals surface area (Å²) in [7, 11) is -3.84. The van der Waals surface area contributed by atoms with Crippen molar-refractivity contribution < 1.29 is 44.2 Å². The van der Waals surface area contributed by atoms with Crippen LogP contribution in [-0.2, 0) is 23.1 Å². The Kier molecular flexibility index (Phi) is 10.4. The molecule has 0 unspecified atom stereocenters. The second-order valence-electron chi connectivity index (χ2n) is 11.9. The minimum Gasteiger partial charge on any atom is -0.406 e. The number of H-pyrrole nitrogens is 2. The maximum Gasteiger partial charge on any atom is 0.573 e. The van der Waals surface area contributed by atoms with Gasteiger partial charge in [-0.3, -0.25) is 4.72 Å². The van der Waals surface area contributed by atoms with E-state index >= 15 is 0 Å². The summed E-state index contributed by atoms with van der Waals surface area (Å²) in [6.07, 6.45) is -3.34. The average Bonchev–Trinajstić information content (AvgIpc) is 3.80. The highest BCUT2D eigenvalue weighted by Crippen LogP contribution is 2.38. The van der Waals surface area contributed by atoms with E-state index < -0.39 is 34.2 Å². The SMILES string of the molecule is CS(=O)(=O)Nc1ccc(N(NCc2cccc(OC(F)(F)F)c2)c2ncc3nc[nH]c3n2)c(N(NCc2cccc(OC(F)(F)F)c2)c2ncc3nc[nH]c3n2)c1. The summed E-state index contributed by atoms with van der Waals surface area (Å²) in [6, 6.07) is 14.8. The molecule has 0 saturated carbocycles. The Bertz CT molecular complexity index is 2640. The predicted molar refractivity (Wildman–Crippen MR) is 192 cm³/mol. The van der Waals surface area contributed by atoms with Gasteiger partial charge in [0.15, 0.2) is 11.3 Å². The zero-order chi connectivity index (χ0) is 40.4. The number of fused-ring (bicyclic) bond motifs is 2. The van der Waals surface area contributed by atoms with Crippen LogP contribution in [0.15, 0.2) is 91.8 Å². The van der Waals surface area contributed by atoms with Crippen molar-refractivity contribution in [2.24, 2.45) is 0 Å². The van der Waals surface area contributed by atoms with Gasteiger partial charge in [0.1, 0.15) is 22.5 Å². The van der Waals surface area contributed by atoms with E-state index in [1.807, 2.05) is 0 Å². The number of rotatable bonds is 14. The number of nitrogens with one attached hydrogen (secondary N) is 5. The number of anilines is 5. The first-order chi connectivity index (χ1) is 27.0. The second kappa shape index (κ2) is 15.4. The molecule has 7 aromatic rings. The highest BCUT2D eigenvalue weighted by molar-refractivity contribution is 7.92. The van der Waals surface area contributed by atoms with Crippen LogP contribution in [0.4, 0.5) is 55.3 Å². The second-order valence-corrected chi connectivity index (χ2v) is 13.7. The average molecular weight is 816 g/mol. The van der Waals surface area contributed by atoms with Gasteiger partial charge in [-0.1, -0.05) is 24.3 Å². The van der Waals surface area contributed by atoms with Gasteiger partial charge >= 0.3 is 12.7 Å². The zero-order valence-corrected chi connectivity index (χ0v) is 29.8. The lowest BCUT2D eigenvalue weighted by Gasteiger charge is -2.31. The zero-order valence-electron chi connectivity index (χ0n) is 29.0. The van der Waals surface area contributed by atoms with Crippen LogP contribution in [-0.4, -0.2) is 67.3 Å². The Morgan fingerprint density at radius 2 is 1.16 bits per heavy atom. The molecular weight excluding hydrogens is 789 g/mol. The lowest BCUT2D eigenvalue weighted by molar-refractivity contribution is -0.275. The third-order valence-corrected chi connectivity index (χ3v) is 8.24. The number of imidazole rings is 2. The molecule has 0 spiro atoms. The summed E-state index contributed by atoms with van der Waals surface area (Å²) in [5.74, 6) is -1.00. The van der Waals surface area contributed by atoms with Crippen molar-refractivity contribution in [2.75, 3.05) is 21.0 Å². The van der Waals surface area contributed by atoms with Gasteiger partial charge in [-0.15, -0.1) is 26.3 Å². The smallest absolute Gasteiger partial charge is 0.406 e. The predicted octanol–water partition coefficient (Wildman–Crippen LogP) is 5.87. The van der Waals surface area contributed by atoms with Crippen LogP contribution in [0.2, 0.25) is 0 Å². The maximum atomic E-state index is 13.1. The molecule has 0 radical (unpaired) electrons. The Morgan fingerprint density at radius 3 is 1.63 bits per heavy atom. The lowest BCUT2D eigenvalue weighted by Crippen LogP contribution is -2.39. The number of alkyl halides is 6. The Hall–Kier alpha value is -6.79. The van der Waals surface area contributed by atoms with Gasteiger partial charge in [0.2, 0.25) is 21.9 Å². The monoisotopic (exact) mass is 815 g/mol. The van der Waals surface area contributed by atoms with E-state index in [0.717, 1.165) is 24.5 Å². The molecule has 0 saturated heterocycles. The normalized spacial score (nSPS) is 12.2. The van der Waals surface area contributed by atoms with E-state index in [0.29, 0.717) is 33.5 Å². The Balaban J connectivity index is 1.36. The third kappa shape index (κ3) is 9.91. The molecule has 296 valence electrons. The molecule has 4 heterocycles. The van der Waals surface area contributed by atoms with Crippen molar-refractivity contribution in [3.05, 3.63) is 103 Å². The third-order valence-electron chi connectivity index (χ3n) is 7.63. The molecule has 24 heteroatoms. The van der Waals surface area contributed by atoms with E-state index in [2.05, 4.69) is 64.9 Å². The van der Waals surface area contributed by atoms with Gasteiger partial charge in [0.25, 0.3) is 0 Å². The van der Waals surface area contributed by atoms with E-state index in [1.165, 1.54) is 77.5 Å². The van der Waals surface area contributed by atoms with Crippen LogP contribution in [0.25, 0.3) is 22.3 Å². The Morgan fingerprint density at radius 1 is 0.667 bits per heavy atom. The van der Waals surface area contributed by atoms with Crippen LogP contribution in [0.3, 0.4) is 0 Å². The van der Waals surface area contributed by atoms with Crippen molar-refractivity contribution in [2.45, 2.75) is 25.8 Å². The van der Waals surface area contributed by atoms with Gasteiger partial charge in [-0.05, 0) is 53.6 Å². The van der Waals surface area contributed by atoms with Crippen LogP contribution in [0, 0.1) is 0 Å². The number of hydrogen-bond donors (Lipinski definition) is 5. The van der Waals surface area contributed by atoms with E-state index in [1.54, 1.807) is 6.07 Å². The topological polar surface area (TPSA) is 204 Å². The van der Waals surface area contributed by atoms with E-state index in [9.17, 15) is 34.8 Å². The lowest BCUT2D eigenvalue weighted by atomic mass is 10.2. The number of nitrogens with zero attached hydrogens (tertiary/aromatic N) is 8. The molecule has 17 nitrogen and oxygen atoms in total. The van der Waals surface area contributed by atoms with Gasteiger partial charge in [-0.25, -0.2) is 49.2 Å². The molecule has 0 amide bonds. The largest absolute Gasteiger partial charge is 0.573 e. The molecule has 0 aliphatic heterocycles. The number of ether oxygens (including phenoxy) is 2. The summed E-state index contributed by atoms with van der Waals surface area (Å²) in [6.45, 7) is -0.309. The summed E-state index contributed by atoms with van der Waals surface area (Å²) < 4.78 is 114. The molecule has 0 atom stereocenters. The van der Waals surface area contributed by atoms with Crippen molar-refractivity contribution in [1.29, 1.82) is 0 Å². The van der Waals surface area contributed by atoms with Crippen LogP contribution >= 0.6 is 0 Å². The molecule has 0 aliphatic carbocycles. The van der Waals surface area contributed by atoms with Crippen LogP contribution in [0.5, 0.6) is 11.5 Å². The van der Waals surface area contributed by atoms with Crippen LogP contribution < -0.4 is 35.1 Å². The van der Waals surface area contributed by atoms with Crippen molar-refractivity contribution in [3.8, 4) is 11.5 Å². The molecule has 7 rings (SSSR count). The molecule has 0 bridgehead atoms. The van der Waals surface area contributed by atoms with Crippen molar-refractivity contribution in [1.82, 2.24) is 50.7 Å². The summed E-state index contributed by atoms with van der Waals surface area (Å²) >= 11 is 0. The first-order valence-corrected chi connectivity index (χ1v) is 18.2. The molecule has 5 N–H and O–H groups in total. The van der Waals surface area contributed by atoms with Gasteiger partial charge in [-0.2, -0.15) is 9.97 Å². The fourth-order valence-electron chi connectivity index (χ4n) is 5.42. The minimum atomic E-state index is -4.95. The van der Waals surface area contributed by atoms with Gasteiger partial charge in [0, 0.05) is 13.1 Å². The number of sulfonamides is 1. The maximum absolute atomic E-state index is 13.1. The highest BCUT2D eigenvalue weighted by atomic mass is 32.2. The fourth-order valence-corrected chi connectivity index (χ4v) is 5.97. The standard InChI is InChI=1S/C33H27F6N13O4S/c1-57(53,54)50-21-8-9-26(51(30-40-15-24-28(48-30)44-17-42-24)46-13-19-4-2-6-22(10-19)55-32(34,35)36)27(12-21)52(31-41-16-25-29(49-31)45-18-43-25)47-14-20-5-3-7-23(11-20)56-33(37,38)39/h2-12,15-18,46-47,50H,13-14H2,1H3,(H,40,42,44,48)(H,41,43,45,49). The molecule has 57 heavy (non-hydrogen) atoms. The molecular formula is C33H27F6N13O4S. The van der Waals surface area contributed by atoms with E-state index in [-0.39, 0.29) is 42.0 Å². The molecule has 4 aromatic heterocycles. The number of hydrazine groups is 2. The van der Waals surface area contributed by atoms with Crippen molar-refractivity contribution >= 4 is 61.3 Å². The molecule has 0 fully saturated rings. The summed E-state index contributed by atoms with van der Waals surface area (Å²) in [4.78, 5) is 32.1. The summed E-state index contributed by atoms with van der Waals surface area (Å²) in [5, 5.41) is 2.71. The first-order valence-electron chi connectivity index (χ1n) is 16.3. The minimum absolute atomic E-state index is 0.0126. The quantitative estimate of drug-likeness (QED) is 0.0644. The summed E-state index contributed by atoms with van der Waals surface area (Å²) in [5.41, 5.74) is 8.66. The molecule has 0 aliphatic rings. The molecule has 3 aromatic carbocycles. The van der Waals surface area contributed by atoms with Crippen molar-refractivity contribution in [3.63, 3.8) is 0 Å². The number of hydrogen-bond acceptors (Lipinski definition) is 14. The number of halogens is 6.